The summed E-state index contributed by atoms with van der Waals surface area (Å²) in [6, 6.07) is 8.48. The number of sulfonamides is 1. The largest absolute Gasteiger partial charge is 0.488 e. The standard InChI is InChI=1S/C24H20BrF6N3O3S2/c1-34-8-7-16(13-34)37-21-10-15(5-6-19(21)24(29,30)31)33-39(35,36)18-11-20(25)22(32-12-18)38-17-4-2-3-14(9-17)23(26,27)28/h2-6,9-12,16,33H,7-8,13H2,1H3/t16-/m1/s1. The molecule has 0 aliphatic carbocycles. The highest BCUT2D eigenvalue weighted by Gasteiger charge is 2.36. The van der Waals surface area contributed by atoms with Gasteiger partial charge >= 0.3 is 12.4 Å². The van der Waals surface area contributed by atoms with E-state index in [4.69, 9.17) is 4.74 Å². The molecule has 1 fully saturated rings. The van der Waals surface area contributed by atoms with Crippen LogP contribution in [0, 0.1) is 0 Å². The van der Waals surface area contributed by atoms with Crippen LogP contribution in [0.25, 0.3) is 0 Å². The third-order valence-corrected chi connectivity index (χ3v) is 8.87. The molecule has 15 heteroatoms. The Hall–Kier alpha value is -2.49. The molecule has 2 aromatic carbocycles. The van der Waals surface area contributed by atoms with Gasteiger partial charge in [0.05, 0.1) is 21.3 Å². The van der Waals surface area contributed by atoms with E-state index in [1.807, 2.05) is 11.9 Å². The second-order valence-electron chi connectivity index (χ2n) is 8.69. The lowest BCUT2D eigenvalue weighted by Gasteiger charge is -2.19. The van der Waals surface area contributed by atoms with Crippen LogP contribution in [-0.2, 0) is 22.4 Å². The summed E-state index contributed by atoms with van der Waals surface area (Å²) in [5.74, 6) is -0.491. The van der Waals surface area contributed by atoms with Crippen molar-refractivity contribution in [2.45, 2.75) is 39.7 Å². The minimum absolute atomic E-state index is 0.150. The lowest BCUT2D eigenvalue weighted by Crippen LogP contribution is -2.23. The lowest BCUT2D eigenvalue weighted by atomic mass is 10.1. The molecule has 3 aromatic rings. The fourth-order valence-electron chi connectivity index (χ4n) is 3.78. The number of nitrogens with one attached hydrogen (secondary N) is 1. The molecule has 0 radical (unpaired) electrons. The average molecular weight is 656 g/mol. The molecule has 0 amide bonds. The molecule has 39 heavy (non-hydrogen) atoms. The molecule has 1 N–H and O–H groups in total. The Morgan fingerprint density at radius 2 is 1.82 bits per heavy atom. The first-order valence-corrected chi connectivity index (χ1v) is 14.3. The zero-order valence-electron chi connectivity index (χ0n) is 20.0. The van der Waals surface area contributed by atoms with Gasteiger partial charge in [-0.1, -0.05) is 17.8 Å². The molecular formula is C24H20BrF6N3O3S2. The maximum absolute atomic E-state index is 13.6. The third-order valence-electron chi connectivity index (χ3n) is 5.65. The van der Waals surface area contributed by atoms with Crippen LogP contribution in [-0.4, -0.2) is 44.5 Å². The highest BCUT2D eigenvalue weighted by atomic mass is 79.9. The zero-order chi connectivity index (χ0) is 28.6. The second kappa shape index (κ2) is 11.2. The van der Waals surface area contributed by atoms with Crippen molar-refractivity contribution >= 4 is 43.4 Å². The first-order valence-electron chi connectivity index (χ1n) is 11.2. The van der Waals surface area contributed by atoms with Crippen LogP contribution in [0.4, 0.5) is 32.0 Å². The van der Waals surface area contributed by atoms with Gasteiger partial charge in [-0.2, -0.15) is 26.3 Å². The maximum atomic E-state index is 13.6. The molecule has 1 atom stereocenters. The highest BCUT2D eigenvalue weighted by Crippen LogP contribution is 2.40. The van der Waals surface area contributed by atoms with E-state index in [0.717, 1.165) is 48.3 Å². The number of pyridine rings is 1. The number of likely N-dealkylation sites (tertiary alicyclic amines) is 1. The Morgan fingerprint density at radius 1 is 1.08 bits per heavy atom. The van der Waals surface area contributed by atoms with Crippen molar-refractivity contribution in [1.82, 2.24) is 9.88 Å². The van der Waals surface area contributed by atoms with Gasteiger partial charge in [0.2, 0.25) is 0 Å². The first-order chi connectivity index (χ1) is 18.1. The summed E-state index contributed by atoms with van der Waals surface area (Å²) in [5.41, 5.74) is -2.02. The number of anilines is 1. The number of hydrogen-bond donors (Lipinski definition) is 1. The molecule has 0 spiro atoms. The zero-order valence-corrected chi connectivity index (χ0v) is 23.2. The Bertz CT molecular complexity index is 1470. The van der Waals surface area contributed by atoms with Crippen molar-refractivity contribution in [3.05, 3.63) is 70.3 Å². The number of nitrogens with zero attached hydrogens (tertiary/aromatic N) is 2. The first kappa shape index (κ1) is 29.5. The monoisotopic (exact) mass is 655 g/mol. The summed E-state index contributed by atoms with van der Waals surface area (Å²) in [4.78, 5) is 5.87. The van der Waals surface area contributed by atoms with Gasteiger partial charge in [0, 0.05) is 30.2 Å². The van der Waals surface area contributed by atoms with E-state index in [0.29, 0.717) is 19.5 Å². The number of aromatic nitrogens is 1. The van der Waals surface area contributed by atoms with Gasteiger partial charge in [0.1, 0.15) is 21.8 Å². The molecular weight excluding hydrogens is 636 g/mol. The Labute approximate surface area is 232 Å². The van der Waals surface area contributed by atoms with E-state index >= 15 is 0 Å². The fourth-order valence-corrected chi connectivity index (χ4v) is 6.36. The van der Waals surface area contributed by atoms with Crippen LogP contribution >= 0.6 is 27.7 Å². The number of alkyl halides is 6. The van der Waals surface area contributed by atoms with Crippen LogP contribution in [0.15, 0.2) is 74.0 Å². The number of rotatable bonds is 7. The van der Waals surface area contributed by atoms with Gasteiger partial charge in [0.25, 0.3) is 10.0 Å². The van der Waals surface area contributed by atoms with Gasteiger partial charge in [0.15, 0.2) is 0 Å². The highest BCUT2D eigenvalue weighted by molar-refractivity contribution is 9.10. The van der Waals surface area contributed by atoms with Crippen molar-refractivity contribution in [3.63, 3.8) is 0 Å². The van der Waals surface area contributed by atoms with Gasteiger partial charge < -0.3 is 9.64 Å². The van der Waals surface area contributed by atoms with Gasteiger partial charge in [-0.05, 0) is 65.8 Å². The van der Waals surface area contributed by atoms with Gasteiger partial charge in [-0.3, -0.25) is 4.72 Å². The summed E-state index contributed by atoms with van der Waals surface area (Å²) >= 11 is 4.08. The minimum Gasteiger partial charge on any atom is -0.488 e. The Kier molecular flexibility index (Phi) is 8.45. The maximum Gasteiger partial charge on any atom is 0.419 e. The van der Waals surface area contributed by atoms with Crippen LogP contribution in [0.3, 0.4) is 0 Å². The molecule has 0 saturated carbocycles. The third kappa shape index (κ3) is 7.38. The van der Waals surface area contributed by atoms with Gasteiger partial charge in [-0.25, -0.2) is 13.4 Å². The summed E-state index contributed by atoms with van der Waals surface area (Å²) in [5, 5.41) is 0.208. The van der Waals surface area contributed by atoms with Crippen LogP contribution in [0.1, 0.15) is 17.5 Å². The molecule has 0 bridgehead atoms. The van der Waals surface area contributed by atoms with Gasteiger partial charge in [-0.15, -0.1) is 0 Å². The fraction of sp³-hybridized carbons (Fsp3) is 0.292. The molecule has 1 saturated heterocycles. The number of hydrogen-bond acceptors (Lipinski definition) is 6. The summed E-state index contributed by atoms with van der Waals surface area (Å²) in [6.45, 7) is 1.08. The molecule has 210 valence electrons. The van der Waals surface area contributed by atoms with Crippen LogP contribution in [0.2, 0.25) is 0 Å². The molecule has 6 nitrogen and oxygen atoms in total. The molecule has 2 heterocycles. The summed E-state index contributed by atoms with van der Waals surface area (Å²) < 4.78 is 114. The van der Waals surface area contributed by atoms with E-state index in [-0.39, 0.29) is 25.0 Å². The molecule has 4 rings (SSSR count). The smallest absolute Gasteiger partial charge is 0.419 e. The van der Waals surface area contributed by atoms with E-state index < -0.39 is 45.4 Å². The Morgan fingerprint density at radius 3 is 2.44 bits per heavy atom. The number of ether oxygens (including phenoxy) is 1. The van der Waals surface area contributed by atoms with E-state index in [1.165, 1.54) is 18.2 Å². The van der Waals surface area contributed by atoms with Crippen molar-refractivity contribution in [3.8, 4) is 5.75 Å². The van der Waals surface area contributed by atoms with E-state index in [9.17, 15) is 34.8 Å². The van der Waals surface area contributed by atoms with Crippen LogP contribution < -0.4 is 9.46 Å². The predicted octanol–water partition coefficient (Wildman–Crippen LogP) is 6.92. The predicted molar refractivity (Wildman–Crippen MR) is 136 cm³/mol. The van der Waals surface area contributed by atoms with Crippen molar-refractivity contribution in [1.29, 1.82) is 0 Å². The minimum atomic E-state index is -4.71. The average Bonchev–Trinajstić information content (AvgIpc) is 3.23. The van der Waals surface area contributed by atoms with Crippen LogP contribution in [0.5, 0.6) is 5.75 Å². The van der Waals surface area contributed by atoms with Crippen molar-refractivity contribution in [2.24, 2.45) is 0 Å². The molecule has 1 aromatic heterocycles. The SMILES string of the molecule is CN1CC[C@@H](Oc2cc(NS(=O)(=O)c3cnc(Sc4cccc(C(F)(F)F)c4)c(Br)c3)ccc2C(F)(F)F)C1. The van der Waals surface area contributed by atoms with E-state index in [2.05, 4.69) is 25.6 Å². The molecule has 1 aliphatic heterocycles. The summed E-state index contributed by atoms with van der Waals surface area (Å²) in [6.07, 6.45) is -8.20. The molecule has 1 aliphatic rings. The lowest BCUT2D eigenvalue weighted by molar-refractivity contribution is -0.139. The number of likely N-dealkylation sites (N-methyl/N-ethyl adjacent to an activating group) is 1. The Balaban J connectivity index is 1.55. The second-order valence-corrected chi connectivity index (χ2v) is 12.3. The van der Waals surface area contributed by atoms with E-state index in [1.54, 1.807) is 0 Å². The van der Waals surface area contributed by atoms with Crippen molar-refractivity contribution < 1.29 is 39.5 Å². The quantitative estimate of drug-likeness (QED) is 0.279. The number of halogens is 7. The normalized spacial score (nSPS) is 16.9. The van der Waals surface area contributed by atoms with Crippen molar-refractivity contribution in [2.75, 3.05) is 24.9 Å². The topological polar surface area (TPSA) is 71.5 Å². The number of benzene rings is 2. The molecule has 0 unspecified atom stereocenters. The summed E-state index contributed by atoms with van der Waals surface area (Å²) in [7, 11) is -2.48.